The van der Waals surface area contributed by atoms with Crippen LogP contribution in [0.5, 0.6) is 5.75 Å². The van der Waals surface area contributed by atoms with Crippen LogP contribution in [-0.2, 0) is 20.7 Å². The molecule has 0 aromatic heterocycles. The highest BCUT2D eigenvalue weighted by atomic mass is 16.5. The molecule has 21 heavy (non-hydrogen) atoms. The number of aromatic hydroxyl groups is 1. The first-order valence-corrected chi connectivity index (χ1v) is 7.46. The van der Waals surface area contributed by atoms with Gasteiger partial charge in [-0.05, 0) is 37.3 Å². The molecule has 0 heterocycles. The molecule has 2 rings (SSSR count). The van der Waals surface area contributed by atoms with E-state index >= 15 is 0 Å². The van der Waals surface area contributed by atoms with Crippen LogP contribution in [0.2, 0.25) is 0 Å². The lowest BCUT2D eigenvalue weighted by Crippen LogP contribution is -2.00. The van der Waals surface area contributed by atoms with Crippen LogP contribution in [0.15, 0.2) is 24.3 Å². The number of para-hydroxylation sites is 1. The predicted octanol–water partition coefficient (Wildman–Crippen LogP) is 3.26. The fourth-order valence-electron chi connectivity index (χ4n) is 2.34. The number of esters is 1. The zero-order valence-electron chi connectivity index (χ0n) is 12.6. The molecule has 0 unspecified atom stereocenters. The van der Waals surface area contributed by atoms with Crippen LogP contribution in [0.1, 0.15) is 44.1 Å². The van der Waals surface area contributed by atoms with Gasteiger partial charge in [-0.25, -0.2) is 0 Å². The lowest BCUT2D eigenvalue weighted by atomic mass is 10.1. The normalized spacial score (nSPS) is 14.1. The summed E-state index contributed by atoms with van der Waals surface area (Å²) in [6.07, 6.45) is 7.70. The number of carbonyl (C=O) groups is 2. The number of hydrogen-bond acceptors (Lipinski definition) is 4. The number of methoxy groups -OCH3 is 1. The Morgan fingerprint density at radius 1 is 1.33 bits per heavy atom. The SMILES string of the molecule is COC(=O)CCCc1ccccc1O.O=CC1CCCC1. The maximum atomic E-state index is 10.8. The van der Waals surface area contributed by atoms with Crippen molar-refractivity contribution in [1.82, 2.24) is 0 Å². The minimum atomic E-state index is -0.208. The van der Waals surface area contributed by atoms with E-state index in [0.717, 1.165) is 24.7 Å². The number of benzene rings is 1. The van der Waals surface area contributed by atoms with Gasteiger partial charge in [-0.15, -0.1) is 0 Å². The molecule has 1 N–H and O–H groups in total. The largest absolute Gasteiger partial charge is 0.508 e. The Balaban J connectivity index is 0.000000262. The van der Waals surface area contributed by atoms with Crippen LogP contribution < -0.4 is 0 Å². The third-order valence-corrected chi connectivity index (χ3v) is 3.64. The molecule has 1 fully saturated rings. The highest BCUT2D eigenvalue weighted by Crippen LogP contribution is 2.21. The van der Waals surface area contributed by atoms with E-state index in [1.165, 1.54) is 20.0 Å². The van der Waals surface area contributed by atoms with Crippen molar-refractivity contribution in [2.75, 3.05) is 7.11 Å². The monoisotopic (exact) mass is 292 g/mol. The van der Waals surface area contributed by atoms with Gasteiger partial charge in [0.25, 0.3) is 0 Å². The maximum absolute atomic E-state index is 10.8. The zero-order valence-corrected chi connectivity index (χ0v) is 12.6. The van der Waals surface area contributed by atoms with Gasteiger partial charge < -0.3 is 14.6 Å². The Bertz CT molecular complexity index is 436. The van der Waals surface area contributed by atoms with Crippen molar-refractivity contribution in [2.24, 2.45) is 5.92 Å². The summed E-state index contributed by atoms with van der Waals surface area (Å²) < 4.78 is 4.52. The number of hydrogen-bond donors (Lipinski definition) is 1. The second kappa shape index (κ2) is 9.97. The highest BCUT2D eigenvalue weighted by Gasteiger charge is 2.12. The molecule has 0 amide bonds. The molecule has 0 radical (unpaired) electrons. The Morgan fingerprint density at radius 2 is 2.00 bits per heavy atom. The van der Waals surface area contributed by atoms with E-state index in [9.17, 15) is 14.7 Å². The summed E-state index contributed by atoms with van der Waals surface area (Å²) in [5.41, 5.74) is 0.872. The van der Waals surface area contributed by atoms with E-state index in [1.807, 2.05) is 12.1 Å². The van der Waals surface area contributed by atoms with Crippen molar-refractivity contribution in [3.63, 3.8) is 0 Å². The lowest BCUT2D eigenvalue weighted by Gasteiger charge is -2.02. The average molecular weight is 292 g/mol. The van der Waals surface area contributed by atoms with Crippen LogP contribution in [0.25, 0.3) is 0 Å². The molecule has 0 atom stereocenters. The van der Waals surface area contributed by atoms with E-state index in [4.69, 9.17) is 0 Å². The van der Waals surface area contributed by atoms with E-state index in [-0.39, 0.29) is 11.7 Å². The first-order valence-electron chi connectivity index (χ1n) is 7.46. The zero-order chi connectivity index (χ0) is 15.5. The number of carbonyl (C=O) groups excluding carboxylic acids is 2. The molecule has 1 saturated carbocycles. The van der Waals surface area contributed by atoms with Crippen LogP contribution >= 0.6 is 0 Å². The number of phenols is 1. The molecule has 1 aliphatic carbocycles. The molecule has 116 valence electrons. The van der Waals surface area contributed by atoms with Crippen LogP contribution in [0.3, 0.4) is 0 Å². The van der Waals surface area contributed by atoms with Crippen molar-refractivity contribution in [3.05, 3.63) is 29.8 Å². The van der Waals surface area contributed by atoms with Crippen molar-refractivity contribution >= 4 is 12.3 Å². The van der Waals surface area contributed by atoms with Crippen LogP contribution in [-0.4, -0.2) is 24.5 Å². The van der Waals surface area contributed by atoms with Crippen molar-refractivity contribution in [2.45, 2.75) is 44.9 Å². The summed E-state index contributed by atoms with van der Waals surface area (Å²) in [6.45, 7) is 0. The molecule has 0 bridgehead atoms. The summed E-state index contributed by atoms with van der Waals surface area (Å²) in [4.78, 5) is 20.8. The number of aryl methyl sites for hydroxylation is 1. The fraction of sp³-hybridized carbons (Fsp3) is 0.529. The van der Waals surface area contributed by atoms with Gasteiger partial charge in [0, 0.05) is 12.3 Å². The van der Waals surface area contributed by atoms with Gasteiger partial charge in [0.15, 0.2) is 0 Å². The average Bonchev–Trinajstić information content (AvgIpc) is 3.03. The first-order chi connectivity index (χ1) is 10.2. The molecule has 0 spiro atoms. The first kappa shape index (κ1) is 17.2. The minimum Gasteiger partial charge on any atom is -0.508 e. The summed E-state index contributed by atoms with van der Waals surface area (Å²) in [7, 11) is 1.38. The van der Waals surface area contributed by atoms with E-state index in [1.54, 1.807) is 12.1 Å². The Hall–Kier alpha value is -1.84. The third-order valence-electron chi connectivity index (χ3n) is 3.64. The van der Waals surface area contributed by atoms with Crippen molar-refractivity contribution in [3.8, 4) is 5.75 Å². The lowest BCUT2D eigenvalue weighted by molar-refractivity contribution is -0.140. The van der Waals surface area contributed by atoms with E-state index in [0.29, 0.717) is 25.2 Å². The topological polar surface area (TPSA) is 63.6 Å². The Kier molecular flexibility index (Phi) is 8.17. The minimum absolute atomic E-state index is 0.208. The van der Waals surface area contributed by atoms with Crippen molar-refractivity contribution in [1.29, 1.82) is 0 Å². The molecule has 1 aromatic rings. The summed E-state index contributed by atoms with van der Waals surface area (Å²) in [6, 6.07) is 7.15. The summed E-state index contributed by atoms with van der Waals surface area (Å²) in [5.74, 6) is 0.498. The number of phenolic OH excluding ortho intramolecular Hbond substituents is 1. The molecule has 0 aliphatic heterocycles. The number of rotatable bonds is 5. The summed E-state index contributed by atoms with van der Waals surface area (Å²) in [5, 5.41) is 9.42. The molecule has 1 aromatic carbocycles. The van der Waals surface area contributed by atoms with Gasteiger partial charge >= 0.3 is 5.97 Å². The second-order valence-electron chi connectivity index (χ2n) is 5.24. The standard InChI is InChI=1S/C11H14O3.C6H10O/c1-14-11(13)8-4-6-9-5-2-3-7-10(9)12;7-5-6-3-1-2-4-6/h2-3,5,7,12H,4,6,8H2,1H3;5-6H,1-4H2. The van der Waals surface area contributed by atoms with Crippen molar-refractivity contribution < 1.29 is 19.4 Å². The molecular weight excluding hydrogens is 268 g/mol. The maximum Gasteiger partial charge on any atom is 0.305 e. The highest BCUT2D eigenvalue weighted by molar-refractivity contribution is 5.69. The second-order valence-corrected chi connectivity index (χ2v) is 5.24. The van der Waals surface area contributed by atoms with E-state index < -0.39 is 0 Å². The molecule has 0 saturated heterocycles. The number of ether oxygens (including phenoxy) is 1. The molecule has 4 heteroatoms. The van der Waals surface area contributed by atoms with Crippen LogP contribution in [0.4, 0.5) is 0 Å². The van der Waals surface area contributed by atoms with Gasteiger partial charge in [0.1, 0.15) is 12.0 Å². The van der Waals surface area contributed by atoms with Gasteiger partial charge in [-0.1, -0.05) is 31.0 Å². The molecular formula is C17H24O4. The van der Waals surface area contributed by atoms with Gasteiger partial charge in [0.2, 0.25) is 0 Å². The van der Waals surface area contributed by atoms with Crippen LogP contribution in [0, 0.1) is 5.92 Å². The van der Waals surface area contributed by atoms with Gasteiger partial charge in [-0.3, -0.25) is 4.79 Å². The third kappa shape index (κ3) is 6.93. The number of aldehydes is 1. The Morgan fingerprint density at radius 3 is 2.52 bits per heavy atom. The van der Waals surface area contributed by atoms with Gasteiger partial charge in [0.05, 0.1) is 7.11 Å². The summed E-state index contributed by atoms with van der Waals surface area (Å²) >= 11 is 0. The fourth-order valence-corrected chi connectivity index (χ4v) is 2.34. The molecule has 1 aliphatic rings. The smallest absolute Gasteiger partial charge is 0.305 e. The van der Waals surface area contributed by atoms with Gasteiger partial charge in [-0.2, -0.15) is 0 Å². The predicted molar refractivity (Wildman–Crippen MR) is 81.1 cm³/mol. The Labute approximate surface area is 126 Å². The quantitative estimate of drug-likeness (QED) is 0.668. The molecule has 4 nitrogen and oxygen atoms in total. The van der Waals surface area contributed by atoms with E-state index in [2.05, 4.69) is 4.74 Å².